The molecule has 8 rings (SSSR count). The topological polar surface area (TPSA) is 305 Å². The maximum absolute atomic E-state index is 14.2. The third kappa shape index (κ3) is 7.13. The number of esters is 2. The zero-order valence-electron chi connectivity index (χ0n) is 33.6. The summed E-state index contributed by atoms with van der Waals surface area (Å²) < 4.78 is 12.8. The van der Waals surface area contributed by atoms with Crippen LogP contribution < -0.4 is 5.56 Å². The highest BCUT2D eigenvalue weighted by Crippen LogP contribution is 2.50. The fraction of sp³-hybridized carbons (Fsp3) is 0.256. The molecule has 0 saturated heterocycles. The summed E-state index contributed by atoms with van der Waals surface area (Å²) in [7, 11) is 3.72. The SMILES string of the molecule is CC[C@]1(OC(=O)[C@H](C)ON=C2c3cc([N+](=O)[O-])cc([N+](=O)[O-])c3-c3c2cc([N+](=O)[O-])cc3[N+](=O)[O-])C(=O)OCc2c1cc1n(c2=O)Cc2c-1nc1ccc(O)cc1c2CN(C)C.Cl.Cl. The van der Waals surface area contributed by atoms with Gasteiger partial charge < -0.3 is 28.9 Å². The normalized spacial score (nSPS) is 15.6. The second-order valence-corrected chi connectivity index (χ2v) is 14.8. The maximum Gasteiger partial charge on any atom is 0.355 e. The summed E-state index contributed by atoms with van der Waals surface area (Å²) in [4.78, 5) is 98.2. The minimum atomic E-state index is -2.23. The van der Waals surface area contributed by atoms with Gasteiger partial charge in [0.2, 0.25) is 11.7 Å². The first-order chi connectivity index (χ1) is 29.4. The van der Waals surface area contributed by atoms with Crippen LogP contribution in [-0.4, -0.2) is 77.1 Å². The molecule has 0 amide bonds. The van der Waals surface area contributed by atoms with E-state index in [2.05, 4.69) is 5.16 Å². The van der Waals surface area contributed by atoms with E-state index < -0.39 is 106 Å². The van der Waals surface area contributed by atoms with Crippen LogP contribution in [-0.2, 0) is 49.2 Å². The Hall–Kier alpha value is -7.63. The van der Waals surface area contributed by atoms with E-state index in [-0.39, 0.29) is 54.7 Å². The van der Waals surface area contributed by atoms with E-state index in [1.54, 1.807) is 12.1 Å². The van der Waals surface area contributed by atoms with Crippen molar-refractivity contribution in [1.29, 1.82) is 0 Å². The molecular weight excluding hydrogens is 891 g/mol. The summed E-state index contributed by atoms with van der Waals surface area (Å²) in [6.07, 6.45) is -2.02. The number of ether oxygens (including phenoxy) is 2. The Morgan fingerprint density at radius 2 is 1.52 bits per heavy atom. The number of fused-ring (bicyclic) bond motifs is 8. The van der Waals surface area contributed by atoms with Crippen molar-refractivity contribution in [3.05, 3.63) is 133 Å². The number of hydrogen-bond donors (Lipinski definition) is 1. The van der Waals surface area contributed by atoms with Gasteiger partial charge in [-0.15, -0.1) is 24.8 Å². The van der Waals surface area contributed by atoms with E-state index in [0.29, 0.717) is 46.5 Å². The number of nitro benzene ring substituents is 4. The van der Waals surface area contributed by atoms with E-state index in [0.717, 1.165) is 24.6 Å². The van der Waals surface area contributed by atoms with Crippen molar-refractivity contribution in [3.63, 3.8) is 0 Å². The van der Waals surface area contributed by atoms with Crippen LogP contribution in [0.2, 0.25) is 0 Å². The van der Waals surface area contributed by atoms with Gasteiger partial charge in [0.15, 0.2) is 0 Å². The monoisotopic (exact) mass is 922 g/mol. The van der Waals surface area contributed by atoms with Gasteiger partial charge in [0.25, 0.3) is 28.3 Å². The van der Waals surface area contributed by atoms with Gasteiger partial charge in [-0.2, -0.15) is 0 Å². The summed E-state index contributed by atoms with van der Waals surface area (Å²) >= 11 is 0. The lowest BCUT2D eigenvalue weighted by molar-refractivity contribution is -0.395. The molecule has 0 spiro atoms. The number of carbonyl (C=O) groups excluding carboxylic acids is 2. The number of nitro groups is 4. The molecule has 25 heteroatoms. The summed E-state index contributed by atoms with van der Waals surface area (Å²) in [5.74, 6) is -2.25. The van der Waals surface area contributed by atoms with Crippen LogP contribution in [0.1, 0.15) is 53.6 Å². The van der Waals surface area contributed by atoms with Gasteiger partial charge in [0.05, 0.1) is 72.0 Å². The van der Waals surface area contributed by atoms with Gasteiger partial charge in [0.1, 0.15) is 18.1 Å². The Labute approximate surface area is 370 Å². The average molecular weight is 924 g/mol. The van der Waals surface area contributed by atoms with Gasteiger partial charge in [-0.05, 0) is 57.3 Å². The molecule has 332 valence electrons. The van der Waals surface area contributed by atoms with Crippen molar-refractivity contribution in [2.24, 2.45) is 5.16 Å². The smallest absolute Gasteiger partial charge is 0.355 e. The van der Waals surface area contributed by atoms with Crippen LogP contribution in [0.15, 0.2) is 58.5 Å². The summed E-state index contributed by atoms with van der Waals surface area (Å²) in [6, 6.07) is 8.99. The lowest BCUT2D eigenvalue weighted by Crippen LogP contribution is -2.48. The van der Waals surface area contributed by atoms with Crippen molar-refractivity contribution < 1.29 is 48.7 Å². The van der Waals surface area contributed by atoms with Crippen LogP contribution in [0, 0.1) is 40.5 Å². The molecule has 1 aliphatic carbocycles. The summed E-state index contributed by atoms with van der Waals surface area (Å²) in [6.45, 7) is 2.70. The molecule has 5 aromatic rings. The summed E-state index contributed by atoms with van der Waals surface area (Å²) in [5, 5.41) is 62.9. The number of rotatable bonds is 11. The van der Waals surface area contributed by atoms with Crippen molar-refractivity contribution in [3.8, 4) is 28.3 Å². The van der Waals surface area contributed by atoms with Crippen LogP contribution >= 0.6 is 24.8 Å². The molecule has 0 saturated carbocycles. The highest BCUT2D eigenvalue weighted by Gasteiger charge is 2.51. The Morgan fingerprint density at radius 1 is 0.922 bits per heavy atom. The molecule has 0 bridgehead atoms. The van der Waals surface area contributed by atoms with Crippen LogP contribution in [0.4, 0.5) is 22.7 Å². The number of hydrogen-bond acceptors (Lipinski definition) is 18. The molecule has 4 heterocycles. The first-order valence-corrected chi connectivity index (χ1v) is 18.5. The number of carbonyl (C=O) groups is 2. The number of non-ortho nitro benzene ring substituents is 2. The largest absolute Gasteiger partial charge is 0.508 e. The number of cyclic esters (lactones) is 1. The molecular formula is C39H32Cl2N8O15. The lowest BCUT2D eigenvalue weighted by atomic mass is 9.85. The molecule has 3 aromatic carbocycles. The highest BCUT2D eigenvalue weighted by molar-refractivity contribution is 6.27. The van der Waals surface area contributed by atoms with Crippen LogP contribution in [0.3, 0.4) is 0 Å². The van der Waals surface area contributed by atoms with Gasteiger partial charge in [0, 0.05) is 46.3 Å². The standard InChI is InChI=1S/C39H30N8O15.2ClH/c1-5-39(27-13-31-35-25(15-43(31)36(49)26(27)16-60-38(39)51)24(14-42(3)4)21-12-20(48)6-7-28(21)40-35)61-37(50)17(2)62-41-34-22-8-18(44(52)53)10-29(46(56)57)32(22)33-23(34)9-19(45(54)55)11-30(33)47(58)59;;/h6-13,17,48H,5,14-16H2,1-4H3;2*1H/t17-,39+;;/m0../s1. The number of aromatic hydroxyl groups is 1. The molecule has 64 heavy (non-hydrogen) atoms. The van der Waals surface area contributed by atoms with Crippen molar-refractivity contribution in [1.82, 2.24) is 14.5 Å². The van der Waals surface area contributed by atoms with Gasteiger partial charge in [-0.1, -0.05) is 12.1 Å². The van der Waals surface area contributed by atoms with Crippen molar-refractivity contribution in [2.45, 2.75) is 51.7 Å². The molecule has 2 aliphatic heterocycles. The zero-order valence-corrected chi connectivity index (χ0v) is 35.2. The minimum Gasteiger partial charge on any atom is -0.508 e. The first-order valence-electron chi connectivity index (χ1n) is 18.5. The number of phenols is 1. The van der Waals surface area contributed by atoms with E-state index in [4.69, 9.17) is 19.3 Å². The Kier molecular flexibility index (Phi) is 11.9. The highest BCUT2D eigenvalue weighted by atomic mass is 35.5. The lowest BCUT2D eigenvalue weighted by Gasteiger charge is -2.36. The molecule has 1 N–H and O–H groups in total. The Balaban J connectivity index is 0.00000340. The second-order valence-electron chi connectivity index (χ2n) is 14.8. The molecule has 23 nitrogen and oxygen atoms in total. The van der Waals surface area contributed by atoms with E-state index in [1.807, 2.05) is 19.0 Å². The molecule has 2 aromatic heterocycles. The van der Waals surface area contributed by atoms with Crippen molar-refractivity contribution >= 4 is 76.1 Å². The number of nitrogens with zero attached hydrogens (tertiary/aromatic N) is 8. The van der Waals surface area contributed by atoms with Gasteiger partial charge in [-0.25, -0.2) is 14.6 Å². The maximum atomic E-state index is 14.2. The predicted octanol–water partition coefficient (Wildman–Crippen LogP) is 5.71. The first kappa shape index (κ1) is 45.9. The fourth-order valence-corrected chi connectivity index (χ4v) is 8.10. The van der Waals surface area contributed by atoms with Crippen LogP contribution in [0.25, 0.3) is 33.4 Å². The Morgan fingerprint density at radius 3 is 2.05 bits per heavy atom. The third-order valence-electron chi connectivity index (χ3n) is 10.9. The third-order valence-corrected chi connectivity index (χ3v) is 10.9. The molecule has 0 fully saturated rings. The quantitative estimate of drug-likeness (QED) is 0.0922. The van der Waals surface area contributed by atoms with Crippen molar-refractivity contribution in [2.75, 3.05) is 14.1 Å². The molecule has 3 aliphatic rings. The zero-order chi connectivity index (χ0) is 44.7. The number of phenolic OH excluding ortho intramolecular Hbond substituents is 1. The molecule has 0 radical (unpaired) electrons. The minimum absolute atomic E-state index is 0. The van der Waals surface area contributed by atoms with Gasteiger partial charge >= 0.3 is 11.9 Å². The molecule has 2 atom stereocenters. The van der Waals surface area contributed by atoms with E-state index >= 15 is 0 Å². The second kappa shape index (κ2) is 16.6. The number of halogens is 2. The predicted molar refractivity (Wildman–Crippen MR) is 227 cm³/mol. The fourth-order valence-electron chi connectivity index (χ4n) is 8.10. The number of benzene rings is 3. The average Bonchev–Trinajstić information content (AvgIpc) is 3.75. The molecule has 0 unspecified atom stereocenters. The van der Waals surface area contributed by atoms with E-state index in [1.165, 1.54) is 23.6 Å². The van der Waals surface area contributed by atoms with E-state index in [9.17, 15) is 59.9 Å². The number of oxime groups is 1. The summed E-state index contributed by atoms with van der Waals surface area (Å²) in [5.41, 5.74) is -5.99. The van der Waals surface area contributed by atoms with Crippen LogP contribution in [0.5, 0.6) is 5.75 Å². The Bertz CT molecular complexity index is 2940. The number of aromatic nitrogens is 2. The number of pyridine rings is 2. The van der Waals surface area contributed by atoms with Gasteiger partial charge in [-0.3, -0.25) is 45.3 Å².